The highest BCUT2D eigenvalue weighted by Crippen LogP contribution is 2.33. The zero-order valence-electron chi connectivity index (χ0n) is 15.0. The highest BCUT2D eigenvalue weighted by Gasteiger charge is 2.44. The number of carbonyl (C=O) groups excluding carboxylic acids is 1. The van der Waals surface area contributed by atoms with Crippen LogP contribution in [0.3, 0.4) is 0 Å². The quantitative estimate of drug-likeness (QED) is 0.782. The Kier molecular flexibility index (Phi) is 5.13. The number of halogens is 1. The average molecular weight is 375 g/mol. The summed E-state index contributed by atoms with van der Waals surface area (Å²) in [7, 11) is 0. The molecule has 4 heterocycles. The van der Waals surface area contributed by atoms with Crippen molar-refractivity contribution >= 4 is 5.91 Å². The molecule has 1 amide bonds. The SMILES string of the molecule is O=C(Cc1ccc(F)cn1)N1CCOCC2(CC(Cn3cnnc3)CO2)C1. The summed E-state index contributed by atoms with van der Waals surface area (Å²) in [5, 5.41) is 7.66. The minimum atomic E-state index is -0.485. The fourth-order valence-corrected chi connectivity index (χ4v) is 3.78. The topological polar surface area (TPSA) is 82.4 Å². The summed E-state index contributed by atoms with van der Waals surface area (Å²) in [6, 6.07) is 2.86. The first kappa shape index (κ1) is 18.0. The normalized spacial score (nSPS) is 25.7. The van der Waals surface area contributed by atoms with Gasteiger partial charge in [-0.15, -0.1) is 10.2 Å². The molecular formula is C18H22FN5O3. The van der Waals surface area contributed by atoms with E-state index in [1.807, 2.05) is 4.57 Å². The molecule has 2 saturated heterocycles. The smallest absolute Gasteiger partial charge is 0.228 e. The summed E-state index contributed by atoms with van der Waals surface area (Å²) in [4.78, 5) is 18.5. The van der Waals surface area contributed by atoms with Gasteiger partial charge in [0.2, 0.25) is 5.91 Å². The van der Waals surface area contributed by atoms with Gasteiger partial charge in [-0.25, -0.2) is 4.39 Å². The van der Waals surface area contributed by atoms with Crippen LogP contribution in [0.5, 0.6) is 0 Å². The zero-order chi connectivity index (χ0) is 18.7. The second-order valence-electron chi connectivity index (χ2n) is 7.24. The van der Waals surface area contributed by atoms with Crippen LogP contribution in [0, 0.1) is 11.7 Å². The van der Waals surface area contributed by atoms with Gasteiger partial charge in [-0.05, 0) is 18.6 Å². The Labute approximate surface area is 156 Å². The minimum Gasteiger partial charge on any atom is -0.377 e. The van der Waals surface area contributed by atoms with Gasteiger partial charge in [-0.3, -0.25) is 9.78 Å². The van der Waals surface area contributed by atoms with Crippen molar-refractivity contribution in [2.45, 2.75) is 25.0 Å². The van der Waals surface area contributed by atoms with E-state index in [-0.39, 0.29) is 12.3 Å². The lowest BCUT2D eigenvalue weighted by atomic mass is 9.94. The molecule has 0 aliphatic carbocycles. The lowest BCUT2D eigenvalue weighted by Crippen LogP contribution is -2.46. The second kappa shape index (κ2) is 7.69. The summed E-state index contributed by atoms with van der Waals surface area (Å²) in [6.07, 6.45) is 5.47. The van der Waals surface area contributed by atoms with Crippen molar-refractivity contribution in [2.75, 3.05) is 32.9 Å². The molecule has 2 fully saturated rings. The molecule has 2 aliphatic heterocycles. The molecule has 0 N–H and O–H groups in total. The van der Waals surface area contributed by atoms with Gasteiger partial charge in [0, 0.05) is 24.7 Å². The molecule has 0 aromatic carbocycles. The molecule has 0 bridgehead atoms. The zero-order valence-corrected chi connectivity index (χ0v) is 15.0. The number of amides is 1. The van der Waals surface area contributed by atoms with Crippen LogP contribution < -0.4 is 0 Å². The average Bonchev–Trinajstić information content (AvgIpc) is 3.25. The molecule has 27 heavy (non-hydrogen) atoms. The van der Waals surface area contributed by atoms with Crippen LogP contribution in [0.25, 0.3) is 0 Å². The van der Waals surface area contributed by atoms with Gasteiger partial charge in [0.15, 0.2) is 0 Å². The van der Waals surface area contributed by atoms with Crippen LogP contribution in [0.2, 0.25) is 0 Å². The van der Waals surface area contributed by atoms with Gasteiger partial charge in [0.1, 0.15) is 24.1 Å². The maximum atomic E-state index is 13.0. The van der Waals surface area contributed by atoms with E-state index in [1.54, 1.807) is 23.6 Å². The van der Waals surface area contributed by atoms with E-state index >= 15 is 0 Å². The predicted octanol–water partition coefficient (Wildman–Crippen LogP) is 0.689. The van der Waals surface area contributed by atoms with Crippen molar-refractivity contribution in [3.05, 3.63) is 42.5 Å². The van der Waals surface area contributed by atoms with E-state index in [0.29, 0.717) is 44.5 Å². The molecule has 2 atom stereocenters. The summed E-state index contributed by atoms with van der Waals surface area (Å²) in [6.45, 7) is 3.35. The lowest BCUT2D eigenvalue weighted by Gasteiger charge is -2.31. The number of rotatable bonds is 4. The highest BCUT2D eigenvalue weighted by molar-refractivity contribution is 5.78. The third-order valence-corrected chi connectivity index (χ3v) is 5.04. The van der Waals surface area contributed by atoms with E-state index in [4.69, 9.17) is 9.47 Å². The van der Waals surface area contributed by atoms with Crippen LogP contribution in [0.15, 0.2) is 31.0 Å². The fraction of sp³-hybridized carbons (Fsp3) is 0.556. The summed E-state index contributed by atoms with van der Waals surface area (Å²) < 4.78 is 26.8. The van der Waals surface area contributed by atoms with Crippen LogP contribution in [0.4, 0.5) is 4.39 Å². The fourth-order valence-electron chi connectivity index (χ4n) is 3.78. The van der Waals surface area contributed by atoms with Crippen molar-refractivity contribution < 1.29 is 18.7 Å². The molecule has 8 nitrogen and oxygen atoms in total. The standard InChI is InChI=1S/C18H22FN5O3/c19-15-1-2-16(20-7-15)5-17(25)24-3-4-26-11-18(10-24)6-14(9-27-18)8-23-12-21-22-13-23/h1-2,7,12-14H,3-6,8-11H2. The number of hydrogen-bond acceptors (Lipinski definition) is 6. The minimum absolute atomic E-state index is 0.0511. The Hall–Kier alpha value is -2.39. The first-order valence-corrected chi connectivity index (χ1v) is 9.04. The monoisotopic (exact) mass is 375 g/mol. The molecule has 2 aliphatic rings. The largest absolute Gasteiger partial charge is 0.377 e. The number of nitrogens with zero attached hydrogens (tertiary/aromatic N) is 5. The molecule has 1 spiro atoms. The molecule has 0 saturated carbocycles. The molecule has 9 heteroatoms. The summed E-state index contributed by atoms with van der Waals surface area (Å²) in [5.41, 5.74) is 0.0691. The van der Waals surface area contributed by atoms with Gasteiger partial charge in [0.05, 0.1) is 39.0 Å². The van der Waals surface area contributed by atoms with Crippen LogP contribution in [0.1, 0.15) is 12.1 Å². The molecule has 2 aromatic heterocycles. The third-order valence-electron chi connectivity index (χ3n) is 5.04. The van der Waals surface area contributed by atoms with Crippen LogP contribution in [-0.4, -0.2) is 69.1 Å². The van der Waals surface area contributed by atoms with E-state index in [2.05, 4.69) is 15.2 Å². The van der Waals surface area contributed by atoms with Gasteiger partial charge in [-0.1, -0.05) is 0 Å². The second-order valence-corrected chi connectivity index (χ2v) is 7.24. The van der Waals surface area contributed by atoms with E-state index < -0.39 is 11.4 Å². The summed E-state index contributed by atoms with van der Waals surface area (Å²) >= 11 is 0. The first-order chi connectivity index (χ1) is 13.1. The van der Waals surface area contributed by atoms with Crippen molar-refractivity contribution in [1.29, 1.82) is 0 Å². The van der Waals surface area contributed by atoms with Gasteiger partial charge in [0.25, 0.3) is 0 Å². The van der Waals surface area contributed by atoms with Crippen LogP contribution in [-0.2, 0) is 27.2 Å². The van der Waals surface area contributed by atoms with Gasteiger partial charge >= 0.3 is 0 Å². The van der Waals surface area contributed by atoms with E-state index in [1.165, 1.54) is 6.07 Å². The maximum absolute atomic E-state index is 13.0. The van der Waals surface area contributed by atoms with E-state index in [9.17, 15) is 9.18 Å². The summed E-state index contributed by atoms with van der Waals surface area (Å²) in [5.74, 6) is -0.143. The Bertz CT molecular complexity index is 770. The molecule has 144 valence electrons. The first-order valence-electron chi connectivity index (χ1n) is 9.04. The third kappa shape index (κ3) is 4.30. The van der Waals surface area contributed by atoms with Crippen LogP contribution >= 0.6 is 0 Å². The Morgan fingerprint density at radius 3 is 2.96 bits per heavy atom. The predicted molar refractivity (Wildman–Crippen MR) is 92.1 cm³/mol. The molecule has 4 rings (SSSR count). The Balaban J connectivity index is 1.39. The molecular weight excluding hydrogens is 353 g/mol. The maximum Gasteiger partial charge on any atom is 0.228 e. The van der Waals surface area contributed by atoms with Crippen molar-refractivity contribution in [1.82, 2.24) is 24.6 Å². The number of ether oxygens (including phenoxy) is 2. The number of carbonyl (C=O) groups is 1. The number of hydrogen-bond donors (Lipinski definition) is 0. The number of aromatic nitrogens is 4. The Morgan fingerprint density at radius 1 is 1.33 bits per heavy atom. The highest BCUT2D eigenvalue weighted by atomic mass is 19.1. The van der Waals surface area contributed by atoms with Gasteiger partial charge in [-0.2, -0.15) is 0 Å². The lowest BCUT2D eigenvalue weighted by molar-refractivity contribution is -0.133. The molecule has 2 aromatic rings. The van der Waals surface area contributed by atoms with Crippen molar-refractivity contribution in [3.63, 3.8) is 0 Å². The van der Waals surface area contributed by atoms with E-state index in [0.717, 1.165) is 19.2 Å². The van der Waals surface area contributed by atoms with Crippen molar-refractivity contribution in [2.24, 2.45) is 5.92 Å². The molecule has 2 unspecified atom stereocenters. The van der Waals surface area contributed by atoms with Crippen molar-refractivity contribution in [3.8, 4) is 0 Å². The molecule has 0 radical (unpaired) electrons. The van der Waals surface area contributed by atoms with Gasteiger partial charge < -0.3 is 18.9 Å². The number of pyridine rings is 1. The Morgan fingerprint density at radius 2 is 2.19 bits per heavy atom.